The average Bonchev–Trinajstić information content (AvgIpc) is 3.05. The third-order valence-electron chi connectivity index (χ3n) is 9.48. The highest BCUT2D eigenvalue weighted by atomic mass is 16.5. The summed E-state index contributed by atoms with van der Waals surface area (Å²) in [4.78, 5) is 64.9. The van der Waals surface area contributed by atoms with Gasteiger partial charge in [-0.3, -0.25) is 24.0 Å². The van der Waals surface area contributed by atoms with E-state index >= 15 is 0 Å². The van der Waals surface area contributed by atoms with Crippen molar-refractivity contribution in [1.29, 1.82) is 0 Å². The van der Waals surface area contributed by atoms with Gasteiger partial charge in [0, 0.05) is 30.8 Å². The number of aliphatic hydroxyl groups is 1. The van der Waals surface area contributed by atoms with Crippen molar-refractivity contribution in [3.05, 3.63) is 35.9 Å². The third kappa shape index (κ3) is 12.9. The Labute approximate surface area is 286 Å². The number of hydrogen-bond donors (Lipinski definition) is 6. The van der Waals surface area contributed by atoms with E-state index in [1.807, 2.05) is 65.0 Å². The van der Waals surface area contributed by atoms with E-state index in [0.717, 1.165) is 5.56 Å². The molecule has 0 bridgehead atoms. The number of nitrogens with one attached hydrogen (secondary N) is 5. The van der Waals surface area contributed by atoms with E-state index < -0.39 is 35.2 Å². The summed E-state index contributed by atoms with van der Waals surface area (Å²) in [5.74, 6) is -1.53. The summed E-state index contributed by atoms with van der Waals surface area (Å²) in [6, 6.07) is 7.29. The van der Waals surface area contributed by atoms with Crippen LogP contribution in [-0.2, 0) is 35.1 Å². The third-order valence-corrected chi connectivity index (χ3v) is 9.48. The molecule has 1 fully saturated rings. The van der Waals surface area contributed by atoms with Gasteiger partial charge >= 0.3 is 0 Å². The van der Waals surface area contributed by atoms with Gasteiger partial charge in [-0.2, -0.15) is 0 Å². The van der Waals surface area contributed by atoms with Crippen LogP contribution in [0.5, 0.6) is 0 Å². The highest BCUT2D eigenvalue weighted by Gasteiger charge is 2.38. The average molecular weight is 674 g/mol. The lowest BCUT2D eigenvalue weighted by Crippen LogP contribution is -2.56. The number of carbonyl (C=O) groups is 5. The molecule has 7 atom stereocenters. The maximum atomic E-state index is 13.6. The normalized spacial score (nSPS) is 22.3. The Morgan fingerprint density at radius 1 is 0.896 bits per heavy atom. The fourth-order valence-corrected chi connectivity index (χ4v) is 5.75. The number of benzene rings is 1. The number of hydrogen-bond acceptors (Lipinski definition) is 8. The van der Waals surface area contributed by atoms with Gasteiger partial charge in [0.05, 0.1) is 31.9 Å². The Bertz CT molecular complexity index is 1210. The van der Waals surface area contributed by atoms with Crippen LogP contribution in [0.25, 0.3) is 0 Å². The highest BCUT2D eigenvalue weighted by Crippen LogP contribution is 2.30. The van der Waals surface area contributed by atoms with Gasteiger partial charge in [0.1, 0.15) is 12.1 Å². The molecular weight excluding hydrogens is 614 g/mol. The molecule has 4 amide bonds. The Balaban J connectivity index is 1.99. The molecule has 1 saturated heterocycles. The highest BCUT2D eigenvalue weighted by molar-refractivity contribution is 5.94. The van der Waals surface area contributed by atoms with E-state index in [2.05, 4.69) is 33.5 Å². The minimum atomic E-state index is -1.00. The minimum Gasteiger partial charge on any atom is -0.394 e. The molecule has 48 heavy (non-hydrogen) atoms. The van der Waals surface area contributed by atoms with Crippen LogP contribution in [0, 0.1) is 23.2 Å². The molecule has 0 aliphatic carbocycles. The summed E-state index contributed by atoms with van der Waals surface area (Å²) < 4.78 is 5.94. The van der Waals surface area contributed by atoms with E-state index in [1.54, 1.807) is 13.8 Å². The molecule has 12 heteroatoms. The molecule has 6 N–H and O–H groups in total. The lowest BCUT2D eigenvalue weighted by atomic mass is 9.80. The largest absolute Gasteiger partial charge is 0.394 e. The number of ether oxygens (including phenoxy) is 1. The van der Waals surface area contributed by atoms with E-state index in [-0.39, 0.29) is 80.2 Å². The van der Waals surface area contributed by atoms with Crippen molar-refractivity contribution in [3.63, 3.8) is 0 Å². The zero-order chi connectivity index (χ0) is 36.0. The lowest BCUT2D eigenvalue weighted by molar-refractivity contribution is -0.134. The SMILES string of the molecule is CCC(C)(C)C(=O)NCC(=O)NC(Cc1ccccc1)C(=O)NC(CC(C)C)C(=O)NCC(=O)CCNC1C(C)OC(CO)C(C)C1C. The summed E-state index contributed by atoms with van der Waals surface area (Å²) >= 11 is 0. The van der Waals surface area contributed by atoms with Gasteiger partial charge in [0.15, 0.2) is 5.78 Å². The molecule has 12 nitrogen and oxygen atoms in total. The lowest BCUT2D eigenvalue weighted by Gasteiger charge is -2.43. The number of ketones is 1. The number of amides is 4. The zero-order valence-corrected chi connectivity index (χ0v) is 30.1. The molecule has 0 aromatic heterocycles. The topological polar surface area (TPSA) is 175 Å². The maximum absolute atomic E-state index is 13.6. The molecule has 0 saturated carbocycles. The van der Waals surface area contributed by atoms with Crippen molar-refractivity contribution in [1.82, 2.24) is 26.6 Å². The summed E-state index contributed by atoms with van der Waals surface area (Å²) in [5.41, 5.74) is 0.172. The fraction of sp³-hybridized carbons (Fsp3) is 0.694. The van der Waals surface area contributed by atoms with Crippen LogP contribution in [0.1, 0.15) is 80.2 Å². The number of rotatable bonds is 19. The Kier molecular flexibility index (Phi) is 16.7. The van der Waals surface area contributed by atoms with Crippen LogP contribution in [0.4, 0.5) is 0 Å². The first-order valence-corrected chi connectivity index (χ1v) is 17.3. The van der Waals surface area contributed by atoms with E-state index in [9.17, 15) is 29.1 Å². The smallest absolute Gasteiger partial charge is 0.243 e. The second-order valence-electron chi connectivity index (χ2n) is 14.2. The van der Waals surface area contributed by atoms with Crippen LogP contribution in [0.2, 0.25) is 0 Å². The van der Waals surface area contributed by atoms with Crippen LogP contribution in [0.3, 0.4) is 0 Å². The standard InChI is InChI=1S/C36H59N5O7/c1-9-36(7,8)35(47)39-20-31(44)40-29(18-26-13-11-10-12-14-26)34(46)41-28(17-22(2)3)33(45)38-19-27(43)15-16-37-32-24(5)23(4)30(21-42)48-25(32)6/h10-14,22-25,28-30,32,37,42H,9,15-21H2,1-8H3,(H,38,45)(H,39,47)(H,40,44)(H,41,46). The van der Waals surface area contributed by atoms with Crippen molar-refractivity contribution < 1.29 is 33.8 Å². The van der Waals surface area contributed by atoms with Crippen LogP contribution >= 0.6 is 0 Å². The van der Waals surface area contributed by atoms with Gasteiger partial charge in [-0.1, -0.05) is 78.8 Å². The predicted octanol–water partition coefficient (Wildman–Crippen LogP) is 1.88. The number of carbonyl (C=O) groups excluding carboxylic acids is 5. The molecule has 2 rings (SSSR count). The second-order valence-corrected chi connectivity index (χ2v) is 14.2. The van der Waals surface area contributed by atoms with E-state index in [0.29, 0.717) is 19.4 Å². The Morgan fingerprint density at radius 3 is 2.17 bits per heavy atom. The molecule has 1 aromatic carbocycles. The maximum Gasteiger partial charge on any atom is 0.243 e. The first kappa shape index (κ1) is 40.8. The zero-order valence-electron chi connectivity index (χ0n) is 30.1. The fourth-order valence-electron chi connectivity index (χ4n) is 5.75. The van der Waals surface area contributed by atoms with Gasteiger partial charge < -0.3 is 36.4 Å². The van der Waals surface area contributed by atoms with E-state index in [4.69, 9.17) is 4.74 Å². The summed E-state index contributed by atoms with van der Waals surface area (Å²) in [6.45, 7) is 15.3. The molecule has 1 aromatic rings. The minimum absolute atomic E-state index is 0.0274. The van der Waals surface area contributed by atoms with Crippen molar-refractivity contribution in [2.75, 3.05) is 26.2 Å². The molecule has 1 aliphatic rings. The number of aliphatic hydroxyl groups excluding tert-OH is 1. The monoisotopic (exact) mass is 673 g/mol. The predicted molar refractivity (Wildman–Crippen MR) is 185 cm³/mol. The molecule has 0 radical (unpaired) electrons. The number of Topliss-reactive ketones (excluding diaryl/α,β-unsaturated/α-hetero) is 1. The van der Waals surface area contributed by atoms with Crippen molar-refractivity contribution >= 4 is 29.4 Å². The van der Waals surface area contributed by atoms with Gasteiger partial charge in [-0.25, -0.2) is 0 Å². The summed E-state index contributed by atoms with van der Waals surface area (Å²) in [5, 5.41) is 23.8. The van der Waals surface area contributed by atoms with Crippen LogP contribution in [-0.4, -0.2) is 91.1 Å². The molecule has 270 valence electrons. The Hall–Kier alpha value is -3.35. The molecule has 0 spiro atoms. The van der Waals surface area contributed by atoms with Gasteiger partial charge in [-0.05, 0) is 43.1 Å². The first-order chi connectivity index (χ1) is 22.6. The van der Waals surface area contributed by atoms with Crippen molar-refractivity contribution in [2.24, 2.45) is 23.2 Å². The summed E-state index contributed by atoms with van der Waals surface area (Å²) in [7, 11) is 0. The molecule has 1 heterocycles. The second kappa shape index (κ2) is 19.6. The molecular formula is C36H59N5O7. The van der Waals surface area contributed by atoms with Crippen LogP contribution < -0.4 is 26.6 Å². The Morgan fingerprint density at radius 2 is 1.56 bits per heavy atom. The quantitative estimate of drug-likeness (QED) is 0.129. The van der Waals surface area contributed by atoms with Crippen molar-refractivity contribution in [3.8, 4) is 0 Å². The first-order valence-electron chi connectivity index (χ1n) is 17.3. The van der Waals surface area contributed by atoms with Crippen LogP contribution in [0.15, 0.2) is 30.3 Å². The van der Waals surface area contributed by atoms with Gasteiger partial charge in [0.2, 0.25) is 23.6 Å². The molecule has 7 unspecified atom stereocenters. The van der Waals surface area contributed by atoms with Gasteiger partial charge in [-0.15, -0.1) is 0 Å². The van der Waals surface area contributed by atoms with E-state index in [1.165, 1.54) is 0 Å². The molecule has 1 aliphatic heterocycles. The summed E-state index contributed by atoms with van der Waals surface area (Å²) in [6.07, 6.45) is 0.975. The van der Waals surface area contributed by atoms with Gasteiger partial charge in [0.25, 0.3) is 0 Å². The van der Waals surface area contributed by atoms with Crippen molar-refractivity contribution in [2.45, 2.75) is 111 Å².